The number of carbonyl (C=O) groups excluding carboxylic acids is 1. The van der Waals surface area contributed by atoms with Crippen LogP contribution in [-0.4, -0.2) is 20.5 Å². The van der Waals surface area contributed by atoms with Crippen LogP contribution in [0, 0.1) is 5.92 Å². The molecule has 1 saturated carbocycles. The highest BCUT2D eigenvalue weighted by molar-refractivity contribution is 9.10. The summed E-state index contributed by atoms with van der Waals surface area (Å²) >= 11 is 9.99. The Bertz CT molecular complexity index is 1350. The highest BCUT2D eigenvalue weighted by atomic mass is 79.9. The summed E-state index contributed by atoms with van der Waals surface area (Å²) in [7, 11) is 0. The van der Waals surface area contributed by atoms with Gasteiger partial charge in [-0.2, -0.15) is 9.61 Å². The Hall–Kier alpha value is -2.90. The zero-order chi connectivity index (χ0) is 24.2. The minimum absolute atomic E-state index is 0.117. The lowest BCUT2D eigenvalue weighted by atomic mass is 9.99. The van der Waals surface area contributed by atoms with Crippen molar-refractivity contribution >= 4 is 50.6 Å². The quantitative estimate of drug-likeness (QED) is 0.246. The third-order valence-electron chi connectivity index (χ3n) is 6.47. The van der Waals surface area contributed by atoms with Gasteiger partial charge in [-0.15, -0.1) is 0 Å². The zero-order valence-electron chi connectivity index (χ0n) is 19.3. The van der Waals surface area contributed by atoms with Gasteiger partial charge >= 0.3 is 0 Å². The Morgan fingerprint density at radius 2 is 1.86 bits per heavy atom. The van der Waals surface area contributed by atoms with Gasteiger partial charge < -0.3 is 10.6 Å². The average Bonchev–Trinajstić information content (AvgIpc) is 3.06. The monoisotopic (exact) mass is 551 g/mol. The molecular formula is C27H27BrClN5O. The number of hydrogen-bond acceptors (Lipinski definition) is 4. The van der Waals surface area contributed by atoms with Crippen molar-refractivity contribution < 1.29 is 4.79 Å². The molecule has 180 valence electrons. The third kappa shape index (κ3) is 5.52. The molecule has 0 bridgehead atoms. The number of aromatic nitrogens is 3. The molecular weight excluding hydrogens is 526 g/mol. The van der Waals surface area contributed by atoms with E-state index < -0.39 is 0 Å². The van der Waals surface area contributed by atoms with Crippen molar-refractivity contribution in [2.75, 3.05) is 10.6 Å². The Morgan fingerprint density at radius 3 is 2.66 bits per heavy atom. The molecule has 2 N–H and O–H groups in total. The predicted octanol–water partition coefficient (Wildman–Crippen LogP) is 7.33. The van der Waals surface area contributed by atoms with Crippen molar-refractivity contribution in [1.29, 1.82) is 0 Å². The molecule has 1 amide bonds. The van der Waals surface area contributed by atoms with Crippen LogP contribution in [0.1, 0.15) is 44.1 Å². The van der Waals surface area contributed by atoms with Gasteiger partial charge in [-0.25, -0.2) is 4.98 Å². The Kier molecular flexibility index (Phi) is 7.35. The minimum atomic E-state index is 0.117. The van der Waals surface area contributed by atoms with Gasteiger partial charge in [0.05, 0.1) is 16.4 Å². The van der Waals surface area contributed by atoms with Crippen LogP contribution in [-0.2, 0) is 11.3 Å². The van der Waals surface area contributed by atoms with Crippen LogP contribution in [0.15, 0.2) is 65.3 Å². The van der Waals surface area contributed by atoms with Crippen molar-refractivity contribution in [3.05, 3.63) is 75.9 Å². The smallest absolute Gasteiger partial charge is 0.227 e. The van der Waals surface area contributed by atoms with E-state index in [1.165, 1.54) is 12.8 Å². The van der Waals surface area contributed by atoms with Crippen LogP contribution in [0.5, 0.6) is 0 Å². The number of hydrogen-bond donors (Lipinski definition) is 2. The molecule has 1 aliphatic rings. The number of nitrogens with one attached hydrogen (secondary N) is 2. The van der Waals surface area contributed by atoms with E-state index in [9.17, 15) is 4.79 Å². The number of fused-ring (bicyclic) bond motifs is 1. The summed E-state index contributed by atoms with van der Waals surface area (Å²) in [5.41, 5.74) is 4.21. The molecule has 0 atom stereocenters. The first-order valence-corrected chi connectivity index (χ1v) is 13.2. The lowest BCUT2D eigenvalue weighted by molar-refractivity contribution is -0.120. The molecule has 0 saturated heterocycles. The van der Waals surface area contributed by atoms with E-state index in [1.807, 2.05) is 54.6 Å². The standard InChI is InChI=1S/C27H27BrClN5O/c28-22-17-31-34-25(15-24(33-26(22)34)21-12-5-6-13-23(21)29)30-16-18-8-7-11-20(14-18)32-27(35)19-9-3-1-2-4-10-19/h5-8,11-15,17,19,30H,1-4,9-10,16H2,(H,32,35). The van der Waals surface area contributed by atoms with E-state index in [0.717, 1.165) is 58.5 Å². The van der Waals surface area contributed by atoms with Gasteiger partial charge in [-0.3, -0.25) is 4.79 Å². The number of amides is 1. The Labute approximate surface area is 218 Å². The van der Waals surface area contributed by atoms with E-state index in [2.05, 4.69) is 31.7 Å². The van der Waals surface area contributed by atoms with Crippen LogP contribution in [0.2, 0.25) is 5.02 Å². The van der Waals surface area contributed by atoms with Gasteiger partial charge in [-0.05, 0) is 52.5 Å². The van der Waals surface area contributed by atoms with Crippen molar-refractivity contribution in [2.24, 2.45) is 5.92 Å². The molecule has 1 fully saturated rings. The largest absolute Gasteiger partial charge is 0.366 e. The van der Waals surface area contributed by atoms with Crippen molar-refractivity contribution in [3.8, 4) is 11.3 Å². The molecule has 0 aliphatic heterocycles. The highest BCUT2D eigenvalue weighted by Gasteiger charge is 2.20. The lowest BCUT2D eigenvalue weighted by Gasteiger charge is -2.15. The van der Waals surface area contributed by atoms with Crippen LogP contribution in [0.4, 0.5) is 11.5 Å². The van der Waals surface area contributed by atoms with Crippen LogP contribution in [0.3, 0.4) is 0 Å². The first kappa shape index (κ1) is 23.8. The van der Waals surface area contributed by atoms with Gasteiger partial charge in [0.2, 0.25) is 5.91 Å². The number of nitrogens with zero attached hydrogens (tertiary/aromatic N) is 3. The Morgan fingerprint density at radius 1 is 1.06 bits per heavy atom. The van der Waals surface area contributed by atoms with E-state index in [-0.39, 0.29) is 11.8 Å². The minimum Gasteiger partial charge on any atom is -0.366 e. The fourth-order valence-corrected chi connectivity index (χ4v) is 5.19. The molecule has 5 rings (SSSR count). The topological polar surface area (TPSA) is 71.3 Å². The number of rotatable bonds is 6. The second-order valence-corrected chi connectivity index (χ2v) is 10.2. The number of carbonyl (C=O) groups is 1. The molecule has 0 spiro atoms. The van der Waals surface area contributed by atoms with Gasteiger partial charge in [0.25, 0.3) is 0 Å². The predicted molar refractivity (Wildman–Crippen MR) is 145 cm³/mol. The molecule has 2 aromatic heterocycles. The number of benzene rings is 2. The molecule has 0 radical (unpaired) electrons. The normalized spacial score (nSPS) is 14.6. The number of halogens is 2. The summed E-state index contributed by atoms with van der Waals surface area (Å²) in [5.74, 6) is 1.05. The second-order valence-electron chi connectivity index (χ2n) is 8.97. The fraction of sp³-hybridized carbons (Fsp3) is 0.296. The first-order chi connectivity index (χ1) is 17.1. The summed E-state index contributed by atoms with van der Waals surface area (Å²) in [4.78, 5) is 17.6. The van der Waals surface area contributed by atoms with E-state index in [1.54, 1.807) is 10.7 Å². The first-order valence-electron chi connectivity index (χ1n) is 12.0. The summed E-state index contributed by atoms with van der Waals surface area (Å²) in [6.45, 7) is 0.561. The van der Waals surface area contributed by atoms with Gasteiger partial charge in [0, 0.05) is 34.8 Å². The molecule has 35 heavy (non-hydrogen) atoms. The maximum Gasteiger partial charge on any atom is 0.227 e. The van der Waals surface area contributed by atoms with E-state index >= 15 is 0 Å². The molecule has 8 heteroatoms. The Balaban J connectivity index is 1.35. The van der Waals surface area contributed by atoms with Crippen LogP contribution < -0.4 is 10.6 Å². The van der Waals surface area contributed by atoms with Crippen molar-refractivity contribution in [2.45, 2.75) is 45.1 Å². The summed E-state index contributed by atoms with van der Waals surface area (Å²) < 4.78 is 2.57. The molecule has 1 aliphatic carbocycles. The summed E-state index contributed by atoms with van der Waals surface area (Å²) in [6, 6.07) is 17.6. The summed E-state index contributed by atoms with van der Waals surface area (Å²) in [6.07, 6.45) is 8.45. The molecule has 6 nitrogen and oxygen atoms in total. The van der Waals surface area contributed by atoms with Gasteiger partial charge in [0.15, 0.2) is 5.65 Å². The zero-order valence-corrected chi connectivity index (χ0v) is 21.6. The lowest BCUT2D eigenvalue weighted by Crippen LogP contribution is -2.22. The molecule has 2 aromatic carbocycles. The van der Waals surface area contributed by atoms with E-state index in [4.69, 9.17) is 16.6 Å². The van der Waals surface area contributed by atoms with E-state index in [0.29, 0.717) is 17.2 Å². The maximum atomic E-state index is 12.8. The number of anilines is 2. The van der Waals surface area contributed by atoms with Crippen LogP contribution >= 0.6 is 27.5 Å². The van der Waals surface area contributed by atoms with Crippen molar-refractivity contribution in [1.82, 2.24) is 14.6 Å². The van der Waals surface area contributed by atoms with Crippen molar-refractivity contribution in [3.63, 3.8) is 0 Å². The fourth-order valence-electron chi connectivity index (χ4n) is 4.61. The van der Waals surface area contributed by atoms with Gasteiger partial charge in [0.1, 0.15) is 5.82 Å². The SMILES string of the molecule is O=C(Nc1cccc(CNc2cc(-c3ccccc3Cl)nc3c(Br)cnn23)c1)C1CCCCCC1. The maximum absolute atomic E-state index is 12.8. The third-order valence-corrected chi connectivity index (χ3v) is 7.36. The van der Waals surface area contributed by atoms with Gasteiger partial charge in [-0.1, -0.05) is 67.6 Å². The molecule has 0 unspecified atom stereocenters. The second kappa shape index (κ2) is 10.8. The average molecular weight is 553 g/mol. The molecule has 4 aromatic rings. The summed E-state index contributed by atoms with van der Waals surface area (Å²) in [5, 5.41) is 11.7. The molecule has 2 heterocycles. The van der Waals surface area contributed by atoms with Crippen LogP contribution in [0.25, 0.3) is 16.9 Å². The highest BCUT2D eigenvalue weighted by Crippen LogP contribution is 2.30.